The zero-order valence-electron chi connectivity index (χ0n) is 9.73. The average Bonchev–Trinajstić information content (AvgIpc) is 2.37. The molecule has 0 fully saturated rings. The fourth-order valence-electron chi connectivity index (χ4n) is 1.66. The molecule has 0 aliphatic heterocycles. The van der Waals surface area contributed by atoms with Crippen molar-refractivity contribution in [1.82, 2.24) is 4.98 Å². The van der Waals surface area contributed by atoms with Gasteiger partial charge in [-0.1, -0.05) is 17.7 Å². The second kappa shape index (κ2) is 5.69. The van der Waals surface area contributed by atoms with Crippen LogP contribution in [0.25, 0.3) is 0 Å². The van der Waals surface area contributed by atoms with Gasteiger partial charge in [-0.25, -0.2) is 0 Å². The number of pyridine rings is 1. The van der Waals surface area contributed by atoms with E-state index >= 15 is 0 Å². The Bertz CT molecular complexity index is 562. The molecule has 94 valence electrons. The number of nitrogens with two attached hydrogens (primary N) is 1. The molecule has 0 saturated heterocycles. The van der Waals surface area contributed by atoms with Crippen LogP contribution in [0.2, 0.25) is 5.02 Å². The summed E-state index contributed by atoms with van der Waals surface area (Å²) < 4.78 is 6.00. The molecular weight excluding hydrogens is 316 g/mol. The zero-order valence-corrected chi connectivity index (χ0v) is 12.1. The summed E-state index contributed by atoms with van der Waals surface area (Å²) in [6.07, 6.45) is 3.45. The average molecular weight is 328 g/mol. The van der Waals surface area contributed by atoms with Gasteiger partial charge in [0.15, 0.2) is 0 Å². The van der Waals surface area contributed by atoms with Gasteiger partial charge >= 0.3 is 0 Å². The SMILES string of the molecule is COc1ccc(C(N)c2cncc(Br)c2)c(Cl)c1. The van der Waals surface area contributed by atoms with E-state index in [0.717, 1.165) is 15.6 Å². The molecule has 1 aromatic heterocycles. The first-order valence-electron chi connectivity index (χ1n) is 5.31. The Balaban J connectivity index is 2.37. The van der Waals surface area contributed by atoms with Crippen molar-refractivity contribution in [2.45, 2.75) is 6.04 Å². The van der Waals surface area contributed by atoms with E-state index in [1.54, 1.807) is 25.6 Å². The largest absolute Gasteiger partial charge is 0.497 e. The summed E-state index contributed by atoms with van der Waals surface area (Å²) in [5.74, 6) is 0.711. The van der Waals surface area contributed by atoms with Crippen molar-refractivity contribution in [3.63, 3.8) is 0 Å². The van der Waals surface area contributed by atoms with Crippen molar-refractivity contribution in [3.8, 4) is 5.75 Å². The van der Waals surface area contributed by atoms with Crippen LogP contribution in [-0.4, -0.2) is 12.1 Å². The van der Waals surface area contributed by atoms with Crippen LogP contribution in [0, 0.1) is 0 Å². The highest BCUT2D eigenvalue weighted by Gasteiger charge is 2.13. The molecule has 3 nitrogen and oxygen atoms in total. The topological polar surface area (TPSA) is 48.1 Å². The number of halogens is 2. The zero-order chi connectivity index (χ0) is 13.1. The Morgan fingerprint density at radius 1 is 1.33 bits per heavy atom. The Morgan fingerprint density at radius 3 is 2.72 bits per heavy atom. The predicted molar refractivity (Wildman–Crippen MR) is 76.0 cm³/mol. The quantitative estimate of drug-likeness (QED) is 0.938. The van der Waals surface area contributed by atoms with E-state index in [1.165, 1.54) is 0 Å². The maximum absolute atomic E-state index is 6.20. The molecule has 2 N–H and O–H groups in total. The van der Waals surface area contributed by atoms with Crippen LogP contribution in [0.5, 0.6) is 5.75 Å². The van der Waals surface area contributed by atoms with E-state index in [-0.39, 0.29) is 6.04 Å². The molecule has 0 spiro atoms. The van der Waals surface area contributed by atoms with E-state index in [9.17, 15) is 0 Å². The van der Waals surface area contributed by atoms with Crippen LogP contribution < -0.4 is 10.5 Å². The Morgan fingerprint density at radius 2 is 2.11 bits per heavy atom. The number of hydrogen-bond acceptors (Lipinski definition) is 3. The van der Waals surface area contributed by atoms with Crippen LogP contribution in [0.4, 0.5) is 0 Å². The molecule has 2 rings (SSSR count). The van der Waals surface area contributed by atoms with Crippen molar-refractivity contribution < 1.29 is 4.74 Å². The summed E-state index contributed by atoms with van der Waals surface area (Å²) in [4.78, 5) is 4.10. The summed E-state index contributed by atoms with van der Waals surface area (Å²) in [5, 5.41) is 0.585. The third-order valence-corrected chi connectivity index (χ3v) is 3.39. The smallest absolute Gasteiger partial charge is 0.120 e. The highest BCUT2D eigenvalue weighted by molar-refractivity contribution is 9.10. The van der Waals surface area contributed by atoms with Crippen molar-refractivity contribution in [1.29, 1.82) is 0 Å². The number of benzene rings is 1. The minimum Gasteiger partial charge on any atom is -0.497 e. The molecule has 0 aliphatic rings. The predicted octanol–water partition coefficient (Wildman–Crippen LogP) is 3.55. The normalized spacial score (nSPS) is 12.2. The molecule has 1 unspecified atom stereocenters. The van der Waals surface area contributed by atoms with Crippen molar-refractivity contribution in [2.75, 3.05) is 7.11 Å². The molecule has 1 atom stereocenters. The fourth-order valence-corrected chi connectivity index (χ4v) is 2.34. The van der Waals surface area contributed by atoms with Crippen LogP contribution in [0.3, 0.4) is 0 Å². The molecule has 0 radical (unpaired) electrons. The van der Waals surface area contributed by atoms with E-state index in [4.69, 9.17) is 22.1 Å². The number of ether oxygens (including phenoxy) is 1. The molecule has 1 heterocycles. The lowest BCUT2D eigenvalue weighted by Crippen LogP contribution is -2.12. The monoisotopic (exact) mass is 326 g/mol. The summed E-state index contributed by atoms with van der Waals surface area (Å²) in [6, 6.07) is 7.08. The summed E-state index contributed by atoms with van der Waals surface area (Å²) in [5.41, 5.74) is 7.94. The highest BCUT2D eigenvalue weighted by Crippen LogP contribution is 2.30. The number of nitrogens with zero attached hydrogens (tertiary/aromatic N) is 1. The van der Waals surface area contributed by atoms with Crippen molar-refractivity contribution in [3.05, 3.63) is 57.3 Å². The molecule has 0 amide bonds. The van der Waals surface area contributed by atoms with E-state index in [2.05, 4.69) is 20.9 Å². The number of rotatable bonds is 3. The van der Waals surface area contributed by atoms with Gasteiger partial charge in [-0.3, -0.25) is 4.98 Å². The van der Waals surface area contributed by atoms with Gasteiger partial charge in [0.1, 0.15) is 5.75 Å². The molecule has 5 heteroatoms. The van der Waals surface area contributed by atoms with Gasteiger partial charge in [-0.15, -0.1) is 0 Å². The lowest BCUT2D eigenvalue weighted by atomic mass is 10.0. The molecule has 1 aromatic carbocycles. The number of hydrogen-bond donors (Lipinski definition) is 1. The van der Waals surface area contributed by atoms with Crippen molar-refractivity contribution in [2.24, 2.45) is 5.73 Å². The van der Waals surface area contributed by atoms with Crippen LogP contribution in [0.15, 0.2) is 41.1 Å². The standard InChI is InChI=1S/C13H12BrClN2O/c1-18-10-2-3-11(12(15)5-10)13(16)8-4-9(14)7-17-6-8/h2-7,13H,16H2,1H3. The molecule has 18 heavy (non-hydrogen) atoms. The minimum absolute atomic E-state index is 0.312. The van der Waals surface area contributed by atoms with E-state index < -0.39 is 0 Å². The van der Waals surface area contributed by atoms with Crippen molar-refractivity contribution >= 4 is 27.5 Å². The van der Waals surface area contributed by atoms with E-state index in [0.29, 0.717) is 10.8 Å². The van der Waals surface area contributed by atoms with Crippen LogP contribution >= 0.6 is 27.5 Å². The van der Waals surface area contributed by atoms with Gasteiger partial charge in [-0.05, 0) is 45.3 Å². The third-order valence-electron chi connectivity index (χ3n) is 2.63. The lowest BCUT2D eigenvalue weighted by Gasteiger charge is -2.14. The summed E-state index contributed by atoms with van der Waals surface area (Å²) in [7, 11) is 1.60. The van der Waals surface area contributed by atoms with Gasteiger partial charge < -0.3 is 10.5 Å². The summed E-state index contributed by atoms with van der Waals surface area (Å²) >= 11 is 9.57. The van der Waals surface area contributed by atoms with Gasteiger partial charge in [0.2, 0.25) is 0 Å². The summed E-state index contributed by atoms with van der Waals surface area (Å²) in [6.45, 7) is 0. The number of aromatic nitrogens is 1. The first kappa shape index (κ1) is 13.3. The first-order valence-corrected chi connectivity index (χ1v) is 6.48. The maximum Gasteiger partial charge on any atom is 0.120 e. The highest BCUT2D eigenvalue weighted by atomic mass is 79.9. The van der Waals surface area contributed by atoms with Gasteiger partial charge in [0.25, 0.3) is 0 Å². The molecule has 0 saturated carbocycles. The lowest BCUT2D eigenvalue weighted by molar-refractivity contribution is 0.414. The Hall–Kier alpha value is -1.10. The Kier molecular flexibility index (Phi) is 4.22. The second-order valence-electron chi connectivity index (χ2n) is 3.80. The molecular formula is C13H12BrClN2O. The third kappa shape index (κ3) is 2.83. The minimum atomic E-state index is -0.312. The van der Waals surface area contributed by atoms with Gasteiger partial charge in [0.05, 0.1) is 13.2 Å². The second-order valence-corrected chi connectivity index (χ2v) is 5.12. The first-order chi connectivity index (χ1) is 8.61. The molecule has 0 aliphatic carbocycles. The maximum atomic E-state index is 6.20. The van der Waals surface area contributed by atoms with Crippen LogP contribution in [-0.2, 0) is 0 Å². The van der Waals surface area contributed by atoms with Gasteiger partial charge in [-0.2, -0.15) is 0 Å². The Labute approximate surface area is 119 Å². The number of methoxy groups -OCH3 is 1. The molecule has 2 aromatic rings. The van der Waals surface area contributed by atoms with Gasteiger partial charge in [0, 0.05) is 21.9 Å². The van der Waals surface area contributed by atoms with E-state index in [1.807, 2.05) is 18.2 Å². The fraction of sp³-hybridized carbons (Fsp3) is 0.154. The molecule has 0 bridgehead atoms. The van der Waals surface area contributed by atoms with Crippen LogP contribution in [0.1, 0.15) is 17.2 Å².